The van der Waals surface area contributed by atoms with E-state index >= 15 is 0 Å². The molecule has 2 aliphatic rings. The van der Waals surface area contributed by atoms with E-state index in [2.05, 4.69) is 0 Å². The van der Waals surface area contributed by atoms with Crippen molar-refractivity contribution >= 4 is 5.91 Å². The summed E-state index contributed by atoms with van der Waals surface area (Å²) in [4.78, 5) is 27.1. The third-order valence-corrected chi connectivity index (χ3v) is 6.03. The van der Waals surface area contributed by atoms with Crippen molar-refractivity contribution in [1.82, 2.24) is 9.58 Å². The van der Waals surface area contributed by atoms with Crippen LogP contribution in [0.15, 0.2) is 77.7 Å². The normalized spacial score (nSPS) is 20.8. The number of nitrogens with zero attached hydrogens (tertiary/aromatic N) is 3. The van der Waals surface area contributed by atoms with Crippen LogP contribution >= 0.6 is 0 Å². The molecular formula is C25H22FN3O4. The van der Waals surface area contributed by atoms with Gasteiger partial charge in [0.15, 0.2) is 23.0 Å². The van der Waals surface area contributed by atoms with Crippen LogP contribution in [0.25, 0.3) is 0 Å². The van der Waals surface area contributed by atoms with Gasteiger partial charge in [0.05, 0.1) is 0 Å². The smallest absolute Gasteiger partial charge is 0.278 e. The van der Waals surface area contributed by atoms with E-state index < -0.39 is 28.9 Å². The Morgan fingerprint density at radius 2 is 1.85 bits per heavy atom. The molecule has 1 N–H and O–H groups in total. The summed E-state index contributed by atoms with van der Waals surface area (Å²) in [5.74, 6) is -1.47. The number of aromatic nitrogens is 1. The fraction of sp³-hybridized carbons (Fsp3) is 0.200. The Morgan fingerprint density at radius 1 is 1.06 bits per heavy atom. The van der Waals surface area contributed by atoms with Gasteiger partial charge >= 0.3 is 0 Å². The number of carbonyl (C=O) groups is 1. The molecule has 0 radical (unpaired) electrons. The predicted octanol–water partition coefficient (Wildman–Crippen LogP) is 3.17. The van der Waals surface area contributed by atoms with Crippen molar-refractivity contribution in [1.29, 1.82) is 0 Å². The zero-order chi connectivity index (χ0) is 23.1. The molecule has 2 aliphatic heterocycles. The minimum Gasteiger partial charge on any atom is -0.502 e. The summed E-state index contributed by atoms with van der Waals surface area (Å²) in [7, 11) is 0. The molecule has 0 fully saturated rings. The molecule has 0 saturated heterocycles. The van der Waals surface area contributed by atoms with Gasteiger partial charge in [0.1, 0.15) is 19.3 Å². The Labute approximate surface area is 189 Å². The largest absolute Gasteiger partial charge is 0.502 e. The van der Waals surface area contributed by atoms with Gasteiger partial charge in [-0.15, -0.1) is 0 Å². The minimum atomic E-state index is -0.644. The molecule has 1 amide bonds. The number of halogens is 1. The maximum Gasteiger partial charge on any atom is 0.278 e. The molecule has 0 spiro atoms. The van der Waals surface area contributed by atoms with E-state index in [4.69, 9.17) is 4.74 Å². The lowest BCUT2D eigenvalue weighted by atomic mass is 9.96. The molecule has 1 aromatic heterocycles. The van der Waals surface area contributed by atoms with Crippen molar-refractivity contribution < 1.29 is 19.0 Å². The lowest BCUT2D eigenvalue weighted by Crippen LogP contribution is -2.57. The Morgan fingerprint density at radius 3 is 2.64 bits per heavy atom. The van der Waals surface area contributed by atoms with Crippen molar-refractivity contribution in [3.63, 3.8) is 0 Å². The van der Waals surface area contributed by atoms with Gasteiger partial charge < -0.3 is 14.7 Å². The highest BCUT2D eigenvalue weighted by atomic mass is 19.1. The van der Waals surface area contributed by atoms with Crippen LogP contribution in [0.3, 0.4) is 0 Å². The number of amides is 1. The maximum absolute atomic E-state index is 15.0. The number of hydrogen-bond donors (Lipinski definition) is 1. The SMILES string of the molecule is C[C@@H]1/C=C/COc2c(F)cccc2[C@@H](c2ccccc2)N2CN1C(=O)c1c(O)c(=O)ccn12. The van der Waals surface area contributed by atoms with Gasteiger partial charge in [-0.05, 0) is 24.6 Å². The molecule has 2 aromatic carbocycles. The Bertz CT molecular complexity index is 1300. The van der Waals surface area contributed by atoms with Crippen molar-refractivity contribution in [2.75, 3.05) is 18.3 Å². The van der Waals surface area contributed by atoms with E-state index in [1.807, 2.05) is 42.3 Å². The van der Waals surface area contributed by atoms with E-state index in [1.165, 1.54) is 23.0 Å². The van der Waals surface area contributed by atoms with Crippen LogP contribution in [0.1, 0.15) is 34.6 Å². The fourth-order valence-corrected chi connectivity index (χ4v) is 4.40. The van der Waals surface area contributed by atoms with Crippen LogP contribution in [0.5, 0.6) is 11.5 Å². The second-order valence-electron chi connectivity index (χ2n) is 8.03. The first-order chi connectivity index (χ1) is 16.0. The highest BCUT2D eigenvalue weighted by Crippen LogP contribution is 2.38. The molecule has 3 aromatic rings. The summed E-state index contributed by atoms with van der Waals surface area (Å²) in [5, 5.41) is 12.4. The van der Waals surface area contributed by atoms with E-state index in [0.29, 0.717) is 5.56 Å². The number of para-hydroxylation sites is 1. The number of hydrogen-bond acceptors (Lipinski definition) is 5. The summed E-state index contributed by atoms with van der Waals surface area (Å²) in [6.45, 7) is 2.09. The number of pyridine rings is 1. The van der Waals surface area contributed by atoms with Crippen molar-refractivity contribution in [2.45, 2.75) is 19.0 Å². The monoisotopic (exact) mass is 447 g/mol. The summed E-state index contributed by atoms with van der Waals surface area (Å²) in [6, 6.07) is 14.4. The molecular weight excluding hydrogens is 425 g/mol. The van der Waals surface area contributed by atoms with Crippen LogP contribution < -0.4 is 15.2 Å². The molecule has 5 rings (SSSR count). The molecule has 3 heterocycles. The van der Waals surface area contributed by atoms with E-state index in [9.17, 15) is 19.1 Å². The van der Waals surface area contributed by atoms with Gasteiger partial charge in [-0.25, -0.2) is 4.39 Å². The van der Waals surface area contributed by atoms with Crippen molar-refractivity contribution in [2.24, 2.45) is 0 Å². The first-order valence-corrected chi connectivity index (χ1v) is 10.6. The quantitative estimate of drug-likeness (QED) is 0.580. The third-order valence-electron chi connectivity index (χ3n) is 6.03. The summed E-state index contributed by atoms with van der Waals surface area (Å²) in [5.41, 5.74) is 0.608. The molecule has 2 atom stereocenters. The summed E-state index contributed by atoms with van der Waals surface area (Å²) >= 11 is 0. The molecule has 33 heavy (non-hydrogen) atoms. The molecule has 0 unspecified atom stereocenters. The molecule has 0 aliphatic carbocycles. The van der Waals surface area contributed by atoms with E-state index in [-0.39, 0.29) is 30.8 Å². The van der Waals surface area contributed by atoms with Gasteiger partial charge in [-0.2, -0.15) is 0 Å². The topological polar surface area (TPSA) is 75.0 Å². The lowest BCUT2D eigenvalue weighted by molar-refractivity contribution is 0.0643. The zero-order valence-electron chi connectivity index (χ0n) is 17.9. The van der Waals surface area contributed by atoms with Crippen LogP contribution in [-0.2, 0) is 0 Å². The number of carbonyl (C=O) groups excluding carboxylic acids is 1. The van der Waals surface area contributed by atoms with Gasteiger partial charge in [-0.1, -0.05) is 48.5 Å². The number of rotatable bonds is 1. The number of ether oxygens (including phenoxy) is 1. The maximum atomic E-state index is 15.0. The Kier molecular flexibility index (Phi) is 5.12. The molecule has 2 bridgehead atoms. The van der Waals surface area contributed by atoms with Crippen molar-refractivity contribution in [3.8, 4) is 11.5 Å². The van der Waals surface area contributed by atoms with Gasteiger partial charge in [0, 0.05) is 23.9 Å². The van der Waals surface area contributed by atoms with E-state index in [0.717, 1.165) is 5.56 Å². The third kappa shape index (κ3) is 3.44. The second-order valence-corrected chi connectivity index (χ2v) is 8.03. The second kappa shape index (κ2) is 8.12. The highest BCUT2D eigenvalue weighted by molar-refractivity contribution is 5.96. The fourth-order valence-electron chi connectivity index (χ4n) is 4.40. The first kappa shape index (κ1) is 20.8. The Balaban J connectivity index is 1.83. The molecule has 0 saturated carbocycles. The van der Waals surface area contributed by atoms with Gasteiger partial charge in [0.2, 0.25) is 5.43 Å². The molecule has 8 heteroatoms. The number of benzene rings is 2. The average molecular weight is 447 g/mol. The minimum absolute atomic E-state index is 0.112. The summed E-state index contributed by atoms with van der Waals surface area (Å²) in [6.07, 6.45) is 4.98. The predicted molar refractivity (Wildman–Crippen MR) is 120 cm³/mol. The Hall–Kier alpha value is -4.07. The van der Waals surface area contributed by atoms with Crippen LogP contribution in [0, 0.1) is 5.82 Å². The summed E-state index contributed by atoms with van der Waals surface area (Å²) < 4.78 is 22.3. The number of fused-ring (bicyclic) bond motifs is 5. The lowest BCUT2D eigenvalue weighted by Gasteiger charge is -2.45. The first-order valence-electron chi connectivity index (χ1n) is 10.6. The number of aromatic hydroxyl groups is 1. The zero-order valence-corrected chi connectivity index (χ0v) is 17.9. The van der Waals surface area contributed by atoms with Gasteiger partial charge in [-0.3, -0.25) is 19.3 Å². The van der Waals surface area contributed by atoms with Crippen LogP contribution in [0.4, 0.5) is 4.39 Å². The standard InChI is InChI=1S/C25H22FN3O4/c1-16-7-6-14-33-24-18(10-5-11-19(24)26)21(17-8-3-2-4-9-17)29-15-27(16)25(32)22-23(31)20(30)12-13-28(22)29/h2-13,16,21,31H,14-15H2,1H3/b7-6+/t16-,21-/m1/s1. The molecule has 7 nitrogen and oxygen atoms in total. The average Bonchev–Trinajstić information content (AvgIpc) is 2.84. The molecule has 168 valence electrons. The van der Waals surface area contributed by atoms with Crippen LogP contribution in [0.2, 0.25) is 0 Å². The van der Waals surface area contributed by atoms with Crippen molar-refractivity contribution in [3.05, 3.63) is 106 Å². The van der Waals surface area contributed by atoms with Gasteiger partial charge in [0.25, 0.3) is 5.91 Å². The van der Waals surface area contributed by atoms with E-state index in [1.54, 1.807) is 29.2 Å². The van der Waals surface area contributed by atoms with Crippen LogP contribution in [-0.4, -0.2) is 39.9 Å². The highest BCUT2D eigenvalue weighted by Gasteiger charge is 2.39.